The maximum absolute atomic E-state index is 12.6. The predicted molar refractivity (Wildman–Crippen MR) is 102 cm³/mol. The normalized spacial score (nSPS) is 17.7. The minimum Gasteiger partial charge on any atom is -0.451 e. The Morgan fingerprint density at radius 1 is 1.35 bits per heavy atom. The first-order valence-electron chi connectivity index (χ1n) is 8.83. The second kappa shape index (κ2) is 6.68. The Labute approximate surface area is 155 Å². The van der Waals surface area contributed by atoms with Gasteiger partial charge in [0.15, 0.2) is 11.9 Å². The maximum atomic E-state index is 12.6. The van der Waals surface area contributed by atoms with Gasteiger partial charge in [0.25, 0.3) is 5.56 Å². The fourth-order valence-corrected chi connectivity index (χ4v) is 4.81. The van der Waals surface area contributed by atoms with E-state index in [9.17, 15) is 9.59 Å². The molecule has 0 bridgehead atoms. The Balaban J connectivity index is 1.65. The van der Waals surface area contributed by atoms with Crippen LogP contribution in [-0.4, -0.2) is 15.9 Å². The number of nitrogens with zero attached hydrogens (tertiary/aromatic N) is 1. The molecule has 3 aromatic rings. The van der Waals surface area contributed by atoms with E-state index in [1.54, 1.807) is 42.5 Å². The number of aromatic nitrogens is 2. The molecule has 1 N–H and O–H groups in total. The first-order valence-corrected chi connectivity index (χ1v) is 9.65. The van der Waals surface area contributed by atoms with Crippen molar-refractivity contribution in [1.29, 1.82) is 0 Å². The molecule has 0 saturated carbocycles. The van der Waals surface area contributed by atoms with Gasteiger partial charge in [-0.3, -0.25) is 4.79 Å². The number of thiophene rings is 1. The molecule has 0 amide bonds. The molecule has 0 radical (unpaired) electrons. The minimum atomic E-state index is -0.627. The van der Waals surface area contributed by atoms with E-state index in [0.717, 1.165) is 29.7 Å². The Hall–Kier alpha value is -2.47. The third-order valence-corrected chi connectivity index (χ3v) is 6.01. The second-order valence-electron chi connectivity index (χ2n) is 6.90. The number of nitrogens with one attached hydrogen (secondary N) is 1. The number of hydrogen-bond donors (Lipinski definition) is 1. The zero-order valence-electron chi connectivity index (χ0n) is 14.7. The number of rotatable bonds is 3. The average molecular weight is 368 g/mol. The summed E-state index contributed by atoms with van der Waals surface area (Å²) in [6, 6.07) is 8.80. The topological polar surface area (TPSA) is 72.0 Å². The monoisotopic (exact) mass is 368 g/mol. The molecular weight excluding hydrogens is 348 g/mol. The van der Waals surface area contributed by atoms with Crippen LogP contribution in [0.1, 0.15) is 53.0 Å². The summed E-state index contributed by atoms with van der Waals surface area (Å²) in [6.07, 6.45) is 2.41. The van der Waals surface area contributed by atoms with Gasteiger partial charge in [-0.25, -0.2) is 9.78 Å². The Bertz CT molecular complexity index is 1020. The minimum absolute atomic E-state index is 0.139. The summed E-state index contributed by atoms with van der Waals surface area (Å²) in [5, 5.41) is 0.710. The van der Waals surface area contributed by atoms with Crippen molar-refractivity contribution >= 4 is 27.5 Å². The molecule has 134 valence electrons. The van der Waals surface area contributed by atoms with E-state index in [0.29, 0.717) is 22.7 Å². The molecule has 1 aliphatic carbocycles. The van der Waals surface area contributed by atoms with Crippen molar-refractivity contribution in [3.63, 3.8) is 0 Å². The van der Waals surface area contributed by atoms with Crippen molar-refractivity contribution in [2.75, 3.05) is 0 Å². The highest BCUT2D eigenvalue weighted by atomic mass is 32.1. The van der Waals surface area contributed by atoms with Crippen molar-refractivity contribution in [2.45, 2.75) is 39.2 Å². The first-order chi connectivity index (χ1) is 12.5. The number of carbonyl (C=O) groups is 1. The van der Waals surface area contributed by atoms with Crippen LogP contribution < -0.4 is 5.56 Å². The van der Waals surface area contributed by atoms with E-state index in [-0.39, 0.29) is 5.56 Å². The summed E-state index contributed by atoms with van der Waals surface area (Å²) >= 11 is 1.59. The lowest BCUT2D eigenvalue weighted by molar-refractivity contribution is 0.0320. The van der Waals surface area contributed by atoms with Crippen LogP contribution in [0, 0.1) is 5.92 Å². The van der Waals surface area contributed by atoms with Gasteiger partial charge in [-0.05, 0) is 49.8 Å². The number of H-pyrrole nitrogens is 1. The molecule has 0 unspecified atom stereocenters. The zero-order chi connectivity index (χ0) is 18.3. The van der Waals surface area contributed by atoms with Gasteiger partial charge in [-0.15, -0.1) is 11.3 Å². The molecule has 0 fully saturated rings. The van der Waals surface area contributed by atoms with Crippen molar-refractivity contribution < 1.29 is 9.53 Å². The number of benzene rings is 1. The summed E-state index contributed by atoms with van der Waals surface area (Å²) in [5.41, 5.74) is 1.49. The van der Waals surface area contributed by atoms with E-state index >= 15 is 0 Å². The van der Waals surface area contributed by atoms with E-state index < -0.39 is 12.1 Å². The lowest BCUT2D eigenvalue weighted by Crippen LogP contribution is -2.18. The number of aryl methyl sites for hydroxylation is 1. The maximum Gasteiger partial charge on any atom is 0.338 e. The molecule has 2 aromatic heterocycles. The molecular formula is C20H20N2O3S. The number of carbonyl (C=O) groups excluding carboxylic acids is 1. The van der Waals surface area contributed by atoms with Crippen LogP contribution in [0.2, 0.25) is 0 Å². The molecule has 26 heavy (non-hydrogen) atoms. The molecule has 1 aromatic carbocycles. The van der Waals surface area contributed by atoms with Gasteiger partial charge in [-0.1, -0.05) is 25.1 Å². The van der Waals surface area contributed by atoms with Gasteiger partial charge in [0.05, 0.1) is 10.9 Å². The van der Waals surface area contributed by atoms with Gasteiger partial charge in [0.2, 0.25) is 0 Å². The fourth-order valence-electron chi connectivity index (χ4n) is 3.42. The van der Waals surface area contributed by atoms with Crippen LogP contribution in [0.5, 0.6) is 0 Å². The standard InChI is InChI=1S/C20H20N2O3S/c1-11-8-9-14-15(10-11)26-19-16(14)18(23)21-17(22-19)12(2)25-20(24)13-6-4-3-5-7-13/h3-7,11-12H,8-10H2,1-2H3,(H,21,22,23)/t11-,12+/m0/s1. The third kappa shape index (κ3) is 3.05. The molecule has 0 saturated heterocycles. The lowest BCUT2D eigenvalue weighted by atomic mass is 9.89. The number of fused-ring (bicyclic) bond motifs is 3. The van der Waals surface area contributed by atoms with Crippen molar-refractivity contribution in [2.24, 2.45) is 5.92 Å². The fraction of sp³-hybridized carbons (Fsp3) is 0.350. The smallest absolute Gasteiger partial charge is 0.338 e. The van der Waals surface area contributed by atoms with Crippen molar-refractivity contribution in [1.82, 2.24) is 9.97 Å². The largest absolute Gasteiger partial charge is 0.451 e. The molecule has 1 aliphatic rings. The van der Waals surface area contributed by atoms with Crippen molar-refractivity contribution in [3.8, 4) is 0 Å². The van der Waals surface area contributed by atoms with Crippen LogP contribution in [0.25, 0.3) is 10.2 Å². The molecule has 2 atom stereocenters. The van der Waals surface area contributed by atoms with E-state index in [1.165, 1.54) is 4.88 Å². The highest BCUT2D eigenvalue weighted by molar-refractivity contribution is 7.18. The number of esters is 1. The van der Waals surface area contributed by atoms with Crippen LogP contribution in [0.15, 0.2) is 35.1 Å². The molecule has 0 aliphatic heterocycles. The van der Waals surface area contributed by atoms with E-state index in [1.807, 2.05) is 6.07 Å². The molecule has 4 rings (SSSR count). The first kappa shape index (κ1) is 17.0. The Morgan fingerprint density at radius 2 is 2.12 bits per heavy atom. The molecule has 2 heterocycles. The zero-order valence-corrected chi connectivity index (χ0v) is 15.6. The highest BCUT2D eigenvalue weighted by Gasteiger charge is 2.24. The molecule has 6 heteroatoms. The van der Waals surface area contributed by atoms with Crippen LogP contribution in [0.3, 0.4) is 0 Å². The van der Waals surface area contributed by atoms with Gasteiger partial charge in [0.1, 0.15) is 4.83 Å². The van der Waals surface area contributed by atoms with Crippen LogP contribution >= 0.6 is 11.3 Å². The summed E-state index contributed by atoms with van der Waals surface area (Å²) in [6.45, 7) is 3.96. The second-order valence-corrected chi connectivity index (χ2v) is 7.98. The summed E-state index contributed by atoms with van der Waals surface area (Å²) in [4.78, 5) is 34.3. The van der Waals surface area contributed by atoms with E-state index in [2.05, 4.69) is 16.9 Å². The van der Waals surface area contributed by atoms with Crippen LogP contribution in [-0.2, 0) is 17.6 Å². The SMILES string of the molecule is C[C@H]1CCc2c(sc3nc([C@@H](C)OC(=O)c4ccccc4)[nH]c(=O)c23)C1. The Kier molecular flexibility index (Phi) is 4.36. The molecule has 5 nitrogen and oxygen atoms in total. The van der Waals surface area contributed by atoms with Gasteiger partial charge >= 0.3 is 5.97 Å². The summed E-state index contributed by atoms with van der Waals surface area (Å²) in [5.74, 6) is 0.596. The van der Waals surface area contributed by atoms with Crippen molar-refractivity contribution in [3.05, 3.63) is 62.5 Å². The van der Waals surface area contributed by atoms with E-state index in [4.69, 9.17) is 4.74 Å². The highest BCUT2D eigenvalue weighted by Crippen LogP contribution is 2.36. The summed E-state index contributed by atoms with van der Waals surface area (Å²) < 4.78 is 5.48. The van der Waals surface area contributed by atoms with Gasteiger partial charge in [0, 0.05) is 4.88 Å². The third-order valence-electron chi connectivity index (χ3n) is 4.86. The number of hydrogen-bond acceptors (Lipinski definition) is 5. The summed E-state index contributed by atoms with van der Waals surface area (Å²) in [7, 11) is 0. The average Bonchev–Trinajstić information content (AvgIpc) is 3.00. The number of aromatic amines is 1. The predicted octanol–water partition coefficient (Wildman–Crippen LogP) is 4.03. The quantitative estimate of drug-likeness (QED) is 0.709. The van der Waals surface area contributed by atoms with Gasteiger partial charge in [-0.2, -0.15) is 0 Å². The van der Waals surface area contributed by atoms with Gasteiger partial charge < -0.3 is 9.72 Å². The lowest BCUT2D eigenvalue weighted by Gasteiger charge is -2.17. The Morgan fingerprint density at radius 3 is 2.88 bits per heavy atom. The number of ether oxygens (including phenoxy) is 1. The molecule has 0 spiro atoms. The van der Waals surface area contributed by atoms with Crippen LogP contribution in [0.4, 0.5) is 0 Å².